The SMILES string of the molecule is CC(C)(CCO)CNCc1cccnc1Cl. The Morgan fingerprint density at radius 3 is 2.88 bits per heavy atom. The summed E-state index contributed by atoms with van der Waals surface area (Å²) in [5.41, 5.74) is 1.10. The highest BCUT2D eigenvalue weighted by atomic mass is 35.5. The van der Waals surface area contributed by atoms with Crippen LogP contribution in [-0.4, -0.2) is 23.2 Å². The molecule has 1 aromatic rings. The minimum Gasteiger partial charge on any atom is -0.396 e. The third-order valence-corrected chi connectivity index (χ3v) is 2.88. The largest absolute Gasteiger partial charge is 0.396 e. The number of hydrogen-bond donors (Lipinski definition) is 2. The van der Waals surface area contributed by atoms with Crippen molar-refractivity contribution in [3.63, 3.8) is 0 Å². The Morgan fingerprint density at radius 1 is 1.50 bits per heavy atom. The van der Waals surface area contributed by atoms with Crippen LogP contribution in [0, 0.1) is 5.41 Å². The van der Waals surface area contributed by atoms with Crippen LogP contribution in [-0.2, 0) is 6.54 Å². The zero-order chi connectivity index (χ0) is 12.0. The van der Waals surface area contributed by atoms with Gasteiger partial charge in [-0.3, -0.25) is 0 Å². The summed E-state index contributed by atoms with van der Waals surface area (Å²) in [7, 11) is 0. The molecule has 16 heavy (non-hydrogen) atoms. The molecule has 2 N–H and O–H groups in total. The van der Waals surface area contributed by atoms with Gasteiger partial charge in [0.05, 0.1) is 0 Å². The molecule has 0 aliphatic heterocycles. The van der Waals surface area contributed by atoms with Gasteiger partial charge in [0.25, 0.3) is 0 Å². The van der Waals surface area contributed by atoms with Crippen LogP contribution in [0.4, 0.5) is 0 Å². The van der Waals surface area contributed by atoms with Crippen molar-refractivity contribution in [2.24, 2.45) is 5.41 Å². The topological polar surface area (TPSA) is 45.1 Å². The molecular formula is C12H19ClN2O. The molecule has 0 aromatic carbocycles. The first kappa shape index (κ1) is 13.4. The van der Waals surface area contributed by atoms with Crippen LogP contribution < -0.4 is 5.32 Å². The molecule has 0 fully saturated rings. The van der Waals surface area contributed by atoms with Crippen LogP contribution >= 0.6 is 11.6 Å². The number of nitrogens with one attached hydrogen (secondary N) is 1. The lowest BCUT2D eigenvalue weighted by molar-refractivity contribution is 0.207. The third-order valence-electron chi connectivity index (χ3n) is 2.54. The first-order valence-electron chi connectivity index (χ1n) is 5.46. The molecule has 1 rings (SSSR count). The molecule has 0 bridgehead atoms. The first-order chi connectivity index (χ1) is 7.55. The van der Waals surface area contributed by atoms with E-state index in [1.165, 1.54) is 0 Å². The molecule has 0 aliphatic carbocycles. The molecule has 0 amide bonds. The first-order valence-corrected chi connectivity index (χ1v) is 5.84. The molecule has 0 unspecified atom stereocenters. The number of halogens is 1. The Bertz CT molecular complexity index is 329. The lowest BCUT2D eigenvalue weighted by Gasteiger charge is -2.24. The van der Waals surface area contributed by atoms with Gasteiger partial charge in [-0.05, 0) is 17.9 Å². The summed E-state index contributed by atoms with van der Waals surface area (Å²) in [6, 6.07) is 3.84. The molecule has 0 saturated carbocycles. The number of hydrogen-bond acceptors (Lipinski definition) is 3. The Morgan fingerprint density at radius 2 is 2.25 bits per heavy atom. The quantitative estimate of drug-likeness (QED) is 0.752. The van der Waals surface area contributed by atoms with E-state index in [1.54, 1.807) is 6.20 Å². The van der Waals surface area contributed by atoms with Crippen molar-refractivity contribution in [3.8, 4) is 0 Å². The molecule has 90 valence electrons. The fraction of sp³-hybridized carbons (Fsp3) is 0.583. The second-order valence-corrected chi connectivity index (χ2v) is 5.05. The summed E-state index contributed by atoms with van der Waals surface area (Å²) in [4.78, 5) is 4.02. The van der Waals surface area contributed by atoms with Gasteiger partial charge in [0.15, 0.2) is 0 Å². The molecule has 4 heteroatoms. The van der Waals surface area contributed by atoms with Crippen molar-refractivity contribution in [2.45, 2.75) is 26.8 Å². The van der Waals surface area contributed by atoms with Gasteiger partial charge in [-0.1, -0.05) is 31.5 Å². The summed E-state index contributed by atoms with van der Waals surface area (Å²) in [5.74, 6) is 0. The fourth-order valence-electron chi connectivity index (χ4n) is 1.48. The van der Waals surface area contributed by atoms with Gasteiger partial charge in [0.2, 0.25) is 0 Å². The number of nitrogens with zero attached hydrogens (tertiary/aromatic N) is 1. The second-order valence-electron chi connectivity index (χ2n) is 4.69. The van der Waals surface area contributed by atoms with Crippen LogP contribution in [0.2, 0.25) is 5.15 Å². The molecule has 0 atom stereocenters. The van der Waals surface area contributed by atoms with Crippen molar-refractivity contribution in [3.05, 3.63) is 29.0 Å². The van der Waals surface area contributed by atoms with E-state index in [-0.39, 0.29) is 12.0 Å². The molecular weight excluding hydrogens is 224 g/mol. The smallest absolute Gasteiger partial charge is 0.133 e. The Balaban J connectivity index is 2.39. The number of rotatable bonds is 6. The van der Waals surface area contributed by atoms with Gasteiger partial charge in [0, 0.05) is 31.5 Å². The van der Waals surface area contributed by atoms with Gasteiger partial charge in [0.1, 0.15) is 5.15 Å². The average molecular weight is 243 g/mol. The van der Waals surface area contributed by atoms with Crippen LogP contribution in [0.3, 0.4) is 0 Å². The van der Waals surface area contributed by atoms with E-state index in [0.29, 0.717) is 11.7 Å². The number of aliphatic hydroxyl groups is 1. The summed E-state index contributed by atoms with van der Waals surface area (Å²) < 4.78 is 0. The maximum absolute atomic E-state index is 8.90. The van der Waals surface area contributed by atoms with E-state index in [2.05, 4.69) is 24.1 Å². The lowest BCUT2D eigenvalue weighted by Crippen LogP contribution is -2.30. The predicted octanol–water partition coefficient (Wildman–Crippen LogP) is 2.23. The molecule has 0 aliphatic rings. The van der Waals surface area contributed by atoms with Crippen molar-refractivity contribution < 1.29 is 5.11 Å². The van der Waals surface area contributed by atoms with Crippen LogP contribution in [0.5, 0.6) is 0 Å². The number of pyridine rings is 1. The summed E-state index contributed by atoms with van der Waals surface area (Å²) in [5, 5.41) is 12.8. The highest BCUT2D eigenvalue weighted by molar-refractivity contribution is 6.30. The van der Waals surface area contributed by atoms with Gasteiger partial charge in [-0.25, -0.2) is 4.98 Å². The third kappa shape index (κ3) is 4.47. The van der Waals surface area contributed by atoms with Crippen LogP contribution in [0.25, 0.3) is 0 Å². The Labute approximate surface area is 102 Å². The van der Waals surface area contributed by atoms with E-state index in [1.807, 2.05) is 12.1 Å². The highest BCUT2D eigenvalue weighted by Gasteiger charge is 2.16. The van der Waals surface area contributed by atoms with E-state index in [4.69, 9.17) is 16.7 Å². The van der Waals surface area contributed by atoms with Gasteiger partial charge in [-0.2, -0.15) is 0 Å². The number of aromatic nitrogens is 1. The standard InChI is InChI=1S/C12H19ClN2O/c1-12(2,5-7-16)9-14-8-10-4-3-6-15-11(10)13/h3-4,6,14,16H,5,7-9H2,1-2H3. The van der Waals surface area contributed by atoms with Gasteiger partial charge >= 0.3 is 0 Å². The minimum atomic E-state index is 0.101. The maximum Gasteiger partial charge on any atom is 0.133 e. The summed E-state index contributed by atoms with van der Waals surface area (Å²) in [6.45, 7) is 6.03. The fourth-order valence-corrected chi connectivity index (χ4v) is 1.66. The normalized spacial score (nSPS) is 11.8. The van der Waals surface area contributed by atoms with Crippen LogP contribution in [0.1, 0.15) is 25.8 Å². The van der Waals surface area contributed by atoms with Crippen molar-refractivity contribution in [1.29, 1.82) is 0 Å². The molecule has 1 heterocycles. The second kappa shape index (κ2) is 6.18. The monoisotopic (exact) mass is 242 g/mol. The zero-order valence-corrected chi connectivity index (χ0v) is 10.6. The lowest BCUT2D eigenvalue weighted by atomic mass is 9.90. The van der Waals surface area contributed by atoms with E-state index in [9.17, 15) is 0 Å². The summed E-state index contributed by atoms with van der Waals surface area (Å²) in [6.07, 6.45) is 2.47. The van der Waals surface area contributed by atoms with Gasteiger partial charge in [-0.15, -0.1) is 0 Å². The molecule has 0 radical (unpaired) electrons. The Kier molecular flexibility index (Phi) is 5.19. The Hall–Kier alpha value is -0.640. The number of aliphatic hydroxyl groups excluding tert-OH is 1. The van der Waals surface area contributed by atoms with Crippen LogP contribution in [0.15, 0.2) is 18.3 Å². The molecule has 0 spiro atoms. The average Bonchev–Trinajstić information content (AvgIpc) is 2.20. The molecule has 1 aromatic heterocycles. The van der Waals surface area contributed by atoms with E-state index in [0.717, 1.165) is 18.5 Å². The maximum atomic E-state index is 8.90. The molecule has 0 saturated heterocycles. The van der Waals surface area contributed by atoms with Crippen molar-refractivity contribution >= 4 is 11.6 Å². The minimum absolute atomic E-state index is 0.101. The van der Waals surface area contributed by atoms with Crippen molar-refractivity contribution in [2.75, 3.05) is 13.2 Å². The zero-order valence-electron chi connectivity index (χ0n) is 9.83. The highest BCUT2D eigenvalue weighted by Crippen LogP contribution is 2.18. The summed E-state index contributed by atoms with van der Waals surface area (Å²) >= 11 is 5.94. The van der Waals surface area contributed by atoms with Gasteiger partial charge < -0.3 is 10.4 Å². The molecule has 3 nitrogen and oxygen atoms in total. The van der Waals surface area contributed by atoms with E-state index >= 15 is 0 Å². The van der Waals surface area contributed by atoms with E-state index < -0.39 is 0 Å². The predicted molar refractivity (Wildman–Crippen MR) is 66.4 cm³/mol. The van der Waals surface area contributed by atoms with Crippen molar-refractivity contribution in [1.82, 2.24) is 10.3 Å².